The third-order valence-electron chi connectivity index (χ3n) is 5.39. The van der Waals surface area contributed by atoms with Crippen molar-refractivity contribution in [3.8, 4) is 11.8 Å². The van der Waals surface area contributed by atoms with Gasteiger partial charge in [-0.05, 0) is 43.2 Å². The number of carbonyl (C=O) groups excluding carboxylic acids is 2. The second-order valence-corrected chi connectivity index (χ2v) is 10.2. The fraction of sp³-hybridized carbons (Fsp3) is 0.409. The summed E-state index contributed by atoms with van der Waals surface area (Å²) in [7, 11) is 1.33. The van der Waals surface area contributed by atoms with Crippen LogP contribution in [0.3, 0.4) is 0 Å². The van der Waals surface area contributed by atoms with Gasteiger partial charge in [0.25, 0.3) is 5.91 Å². The molecule has 1 aromatic carbocycles. The molecule has 1 amide bonds. The van der Waals surface area contributed by atoms with E-state index < -0.39 is 5.41 Å². The van der Waals surface area contributed by atoms with Crippen LogP contribution in [0.4, 0.5) is 0 Å². The Kier molecular flexibility index (Phi) is 7.98. The second kappa shape index (κ2) is 10.5. The van der Waals surface area contributed by atoms with E-state index in [0.29, 0.717) is 48.0 Å². The molecule has 1 aromatic heterocycles. The monoisotopic (exact) mass is 524 g/mol. The first-order valence-corrected chi connectivity index (χ1v) is 11.7. The molecular weight excluding hydrogens is 504 g/mol. The highest BCUT2D eigenvalue weighted by Gasteiger charge is 2.36. The highest BCUT2D eigenvalue weighted by molar-refractivity contribution is 9.10. The van der Waals surface area contributed by atoms with Crippen LogP contribution >= 0.6 is 38.9 Å². The van der Waals surface area contributed by atoms with Gasteiger partial charge in [-0.25, -0.2) is 0 Å². The molecule has 164 valence electrons. The maximum atomic E-state index is 12.7. The molecule has 0 N–H and O–H groups in total. The molecule has 0 atom stereocenters. The van der Waals surface area contributed by atoms with Crippen LogP contribution in [0.1, 0.15) is 23.3 Å². The number of likely N-dealkylation sites (tertiary alicyclic amines) is 1. The molecule has 1 aliphatic rings. The van der Waals surface area contributed by atoms with Gasteiger partial charge >= 0.3 is 5.97 Å². The number of hydrogen-bond donors (Lipinski definition) is 0. The number of methoxy groups -OCH3 is 1. The quantitative estimate of drug-likeness (QED) is 0.492. The number of ether oxygens (including phenoxy) is 2. The molecule has 0 spiro atoms. The largest absolute Gasteiger partial charge is 0.483 e. The van der Waals surface area contributed by atoms with Crippen LogP contribution in [-0.4, -0.2) is 43.6 Å². The lowest BCUT2D eigenvalue weighted by Crippen LogP contribution is -2.45. The Balaban J connectivity index is 1.57. The van der Waals surface area contributed by atoms with Crippen molar-refractivity contribution in [2.75, 3.05) is 26.8 Å². The van der Waals surface area contributed by atoms with Gasteiger partial charge in [-0.3, -0.25) is 9.59 Å². The maximum Gasteiger partial charge on any atom is 0.310 e. The standard InChI is InChI=1S/C22H22BrClN2O4S/c1-29-21(28)11-15-10-16(23)2-4-18(15)30-13-20(27)26-8-6-22(14-25,7-9-26)12-17-3-5-19(24)31-17/h2-5,10H,6-9,11-13H2,1H3. The number of nitrogens with zero attached hydrogens (tertiary/aromatic N) is 2. The van der Waals surface area contributed by atoms with Gasteiger partial charge in [-0.1, -0.05) is 27.5 Å². The summed E-state index contributed by atoms with van der Waals surface area (Å²) in [5.74, 6) is -0.0530. The molecule has 0 saturated carbocycles. The fourth-order valence-electron chi connectivity index (χ4n) is 3.58. The van der Waals surface area contributed by atoms with Crippen molar-refractivity contribution in [1.82, 2.24) is 4.90 Å². The van der Waals surface area contributed by atoms with E-state index in [1.807, 2.05) is 12.1 Å². The van der Waals surface area contributed by atoms with E-state index >= 15 is 0 Å². The summed E-state index contributed by atoms with van der Waals surface area (Å²) in [6.07, 6.45) is 1.92. The number of esters is 1. The molecule has 1 saturated heterocycles. The molecule has 0 radical (unpaired) electrons. The molecule has 0 bridgehead atoms. The van der Waals surface area contributed by atoms with E-state index in [-0.39, 0.29) is 24.9 Å². The van der Waals surface area contributed by atoms with E-state index in [2.05, 4.69) is 22.0 Å². The van der Waals surface area contributed by atoms with Gasteiger partial charge < -0.3 is 14.4 Å². The van der Waals surface area contributed by atoms with Crippen molar-refractivity contribution in [3.63, 3.8) is 0 Å². The van der Waals surface area contributed by atoms with Gasteiger partial charge in [-0.15, -0.1) is 11.3 Å². The zero-order chi connectivity index (χ0) is 22.4. The first kappa shape index (κ1) is 23.6. The van der Waals surface area contributed by atoms with Crippen LogP contribution in [0.2, 0.25) is 4.34 Å². The van der Waals surface area contributed by atoms with Crippen molar-refractivity contribution in [2.24, 2.45) is 5.41 Å². The van der Waals surface area contributed by atoms with Gasteiger partial charge in [0.05, 0.1) is 29.4 Å². The number of halogens is 2. The third kappa shape index (κ3) is 6.22. The number of carbonyl (C=O) groups is 2. The van der Waals surface area contributed by atoms with Gasteiger partial charge in [0, 0.05) is 34.4 Å². The molecule has 31 heavy (non-hydrogen) atoms. The minimum Gasteiger partial charge on any atom is -0.483 e. The summed E-state index contributed by atoms with van der Waals surface area (Å²) < 4.78 is 12.0. The highest BCUT2D eigenvalue weighted by Crippen LogP contribution is 2.37. The second-order valence-electron chi connectivity index (χ2n) is 7.45. The van der Waals surface area contributed by atoms with E-state index in [1.54, 1.807) is 23.1 Å². The number of nitriles is 1. The maximum absolute atomic E-state index is 12.7. The molecule has 9 heteroatoms. The molecule has 3 rings (SSSR count). The van der Waals surface area contributed by atoms with E-state index in [0.717, 1.165) is 9.35 Å². The van der Waals surface area contributed by atoms with Crippen LogP contribution < -0.4 is 4.74 Å². The summed E-state index contributed by atoms with van der Waals surface area (Å²) in [6.45, 7) is 0.879. The molecular formula is C22H22BrClN2O4S. The van der Waals surface area contributed by atoms with Crippen LogP contribution in [-0.2, 0) is 27.2 Å². The summed E-state index contributed by atoms with van der Waals surface area (Å²) in [5, 5.41) is 9.78. The molecule has 2 aromatic rings. The van der Waals surface area contributed by atoms with Gasteiger partial charge in [0.15, 0.2) is 6.61 Å². The number of amides is 1. The number of thiophene rings is 1. The van der Waals surface area contributed by atoms with Crippen LogP contribution in [0, 0.1) is 16.7 Å². The number of benzene rings is 1. The Bertz CT molecular complexity index is 996. The normalized spacial score (nSPS) is 15.2. The first-order valence-electron chi connectivity index (χ1n) is 9.75. The predicted octanol–water partition coefficient (Wildman–Crippen LogP) is 4.63. The third-order valence-corrected chi connectivity index (χ3v) is 7.11. The lowest BCUT2D eigenvalue weighted by Gasteiger charge is -2.37. The van der Waals surface area contributed by atoms with Crippen LogP contribution in [0.15, 0.2) is 34.8 Å². The van der Waals surface area contributed by atoms with Crippen molar-refractivity contribution >= 4 is 50.7 Å². The highest BCUT2D eigenvalue weighted by atomic mass is 79.9. The summed E-state index contributed by atoms with van der Waals surface area (Å²) in [6, 6.07) is 11.6. The van der Waals surface area contributed by atoms with Crippen molar-refractivity contribution in [2.45, 2.75) is 25.7 Å². The minimum absolute atomic E-state index is 0.0562. The Morgan fingerprint density at radius 2 is 2.03 bits per heavy atom. The van der Waals surface area contributed by atoms with Crippen LogP contribution in [0.25, 0.3) is 0 Å². The number of piperidine rings is 1. The van der Waals surface area contributed by atoms with E-state index in [4.69, 9.17) is 21.1 Å². The Labute approximate surface area is 198 Å². The fourth-order valence-corrected chi connectivity index (χ4v) is 5.22. The average molecular weight is 526 g/mol. The number of rotatable bonds is 7. The molecule has 2 heterocycles. The zero-order valence-corrected chi connectivity index (χ0v) is 20.2. The minimum atomic E-state index is -0.481. The van der Waals surface area contributed by atoms with Gasteiger partial charge in [0.1, 0.15) is 5.75 Å². The van der Waals surface area contributed by atoms with Crippen molar-refractivity contribution in [1.29, 1.82) is 5.26 Å². The summed E-state index contributed by atoms with van der Waals surface area (Å²) in [5.41, 5.74) is 0.163. The molecule has 1 fully saturated rings. The van der Waals surface area contributed by atoms with Crippen LogP contribution in [0.5, 0.6) is 5.75 Å². The Morgan fingerprint density at radius 3 is 2.65 bits per heavy atom. The smallest absolute Gasteiger partial charge is 0.310 e. The van der Waals surface area contributed by atoms with Crippen molar-refractivity contribution < 1.29 is 19.1 Å². The van der Waals surface area contributed by atoms with E-state index in [9.17, 15) is 14.9 Å². The first-order chi connectivity index (χ1) is 14.8. The lowest BCUT2D eigenvalue weighted by molar-refractivity contribution is -0.139. The predicted molar refractivity (Wildman–Crippen MR) is 122 cm³/mol. The molecule has 0 unspecified atom stereocenters. The summed E-state index contributed by atoms with van der Waals surface area (Å²) in [4.78, 5) is 27.2. The topological polar surface area (TPSA) is 79.6 Å². The lowest BCUT2D eigenvalue weighted by atomic mass is 9.76. The Morgan fingerprint density at radius 1 is 1.29 bits per heavy atom. The van der Waals surface area contributed by atoms with Crippen molar-refractivity contribution in [3.05, 3.63) is 49.6 Å². The Hall–Kier alpha value is -2.08. The summed E-state index contributed by atoms with van der Waals surface area (Å²) >= 11 is 10.9. The van der Waals surface area contributed by atoms with Gasteiger partial charge in [-0.2, -0.15) is 5.26 Å². The molecule has 1 aliphatic heterocycles. The zero-order valence-electron chi connectivity index (χ0n) is 17.0. The molecule has 6 nitrogen and oxygen atoms in total. The molecule has 0 aliphatic carbocycles. The average Bonchev–Trinajstić information content (AvgIpc) is 3.17. The number of hydrogen-bond acceptors (Lipinski definition) is 6. The van der Waals surface area contributed by atoms with E-state index in [1.165, 1.54) is 18.4 Å². The SMILES string of the molecule is COC(=O)Cc1cc(Br)ccc1OCC(=O)N1CCC(C#N)(Cc2ccc(Cl)s2)CC1. The van der Waals surface area contributed by atoms with Gasteiger partial charge in [0.2, 0.25) is 0 Å².